The number of nitrogens with one attached hydrogen (secondary N) is 1. The summed E-state index contributed by atoms with van der Waals surface area (Å²) in [5.74, 6) is 1.02. The highest BCUT2D eigenvalue weighted by Gasteiger charge is 2.08. The molecule has 0 radical (unpaired) electrons. The predicted molar refractivity (Wildman–Crippen MR) is 110 cm³/mol. The normalized spacial score (nSPS) is 10.2. The van der Waals surface area contributed by atoms with E-state index in [0.717, 1.165) is 25.0 Å². The first-order valence-electron chi connectivity index (χ1n) is 9.47. The van der Waals surface area contributed by atoms with Crippen molar-refractivity contribution in [2.75, 3.05) is 32.6 Å². The van der Waals surface area contributed by atoms with Crippen LogP contribution in [0.1, 0.15) is 36.5 Å². The molecular formula is C22H28N2O4. The highest BCUT2D eigenvalue weighted by Crippen LogP contribution is 2.18. The zero-order chi connectivity index (χ0) is 20.4. The molecule has 0 aliphatic rings. The van der Waals surface area contributed by atoms with Crippen LogP contribution in [-0.4, -0.2) is 44.0 Å². The van der Waals surface area contributed by atoms with Gasteiger partial charge in [0.25, 0.3) is 11.8 Å². The van der Waals surface area contributed by atoms with Crippen LogP contribution < -0.4 is 14.8 Å². The molecule has 0 saturated carbocycles. The second-order valence-electron chi connectivity index (χ2n) is 6.64. The van der Waals surface area contributed by atoms with Crippen LogP contribution in [0.15, 0.2) is 48.5 Å². The average molecular weight is 384 g/mol. The van der Waals surface area contributed by atoms with E-state index in [2.05, 4.69) is 12.2 Å². The number of carbonyl (C=O) groups is 2. The maximum Gasteiger partial charge on any atom is 0.259 e. The van der Waals surface area contributed by atoms with Gasteiger partial charge in [-0.25, -0.2) is 0 Å². The smallest absolute Gasteiger partial charge is 0.259 e. The van der Waals surface area contributed by atoms with Gasteiger partial charge in [-0.05, 0) is 55.0 Å². The number of ether oxygens (including phenoxy) is 2. The molecule has 0 atom stereocenters. The van der Waals surface area contributed by atoms with Gasteiger partial charge in [-0.3, -0.25) is 9.59 Å². The topological polar surface area (TPSA) is 67.9 Å². The molecule has 1 N–H and O–H groups in total. The van der Waals surface area contributed by atoms with Crippen molar-refractivity contribution in [1.82, 2.24) is 4.90 Å². The molecule has 0 saturated heterocycles. The van der Waals surface area contributed by atoms with Crippen LogP contribution in [0, 0.1) is 0 Å². The third-order valence-corrected chi connectivity index (χ3v) is 4.11. The molecule has 28 heavy (non-hydrogen) atoms. The zero-order valence-corrected chi connectivity index (χ0v) is 16.7. The maximum atomic E-state index is 12.4. The minimum absolute atomic E-state index is 0.0223. The quantitative estimate of drug-likeness (QED) is 0.629. The van der Waals surface area contributed by atoms with E-state index in [9.17, 15) is 9.59 Å². The summed E-state index contributed by atoms with van der Waals surface area (Å²) in [5, 5.41) is 2.84. The molecule has 2 aromatic rings. The van der Waals surface area contributed by atoms with Crippen molar-refractivity contribution in [3.8, 4) is 11.5 Å². The summed E-state index contributed by atoms with van der Waals surface area (Å²) in [4.78, 5) is 25.4. The largest absolute Gasteiger partial charge is 0.494 e. The van der Waals surface area contributed by atoms with Crippen LogP contribution >= 0.6 is 0 Å². The zero-order valence-electron chi connectivity index (χ0n) is 16.7. The lowest BCUT2D eigenvalue weighted by Crippen LogP contribution is -2.27. The molecule has 150 valence electrons. The number of rotatable bonds is 10. The minimum atomic E-state index is -0.200. The Balaban J connectivity index is 1.84. The summed E-state index contributed by atoms with van der Waals surface area (Å²) in [6.45, 7) is 2.82. The highest BCUT2D eigenvalue weighted by atomic mass is 16.5. The number of hydrogen-bond donors (Lipinski definition) is 1. The van der Waals surface area contributed by atoms with E-state index in [4.69, 9.17) is 9.47 Å². The molecule has 0 aromatic heterocycles. The summed E-state index contributed by atoms with van der Waals surface area (Å²) in [6.07, 6.45) is 3.34. The van der Waals surface area contributed by atoms with Crippen LogP contribution in [0.4, 0.5) is 5.69 Å². The second-order valence-corrected chi connectivity index (χ2v) is 6.64. The first kappa shape index (κ1) is 21.3. The molecule has 6 nitrogen and oxygen atoms in total. The van der Waals surface area contributed by atoms with E-state index >= 15 is 0 Å². The fourth-order valence-electron chi connectivity index (χ4n) is 2.36. The van der Waals surface area contributed by atoms with Crippen molar-refractivity contribution < 1.29 is 19.1 Å². The Hall–Kier alpha value is -3.02. The molecule has 0 unspecified atom stereocenters. The van der Waals surface area contributed by atoms with E-state index in [1.54, 1.807) is 62.6 Å². The Bertz CT molecular complexity index is 755. The lowest BCUT2D eigenvalue weighted by molar-refractivity contribution is -0.130. The SMILES string of the molecule is CCCCCOc1ccc(C(=O)Nc2ccc(OCC(=O)N(C)C)cc2)cc1. The number of benzene rings is 2. The summed E-state index contributed by atoms with van der Waals surface area (Å²) in [6, 6.07) is 14.0. The van der Waals surface area contributed by atoms with E-state index < -0.39 is 0 Å². The van der Waals surface area contributed by atoms with Gasteiger partial charge in [0, 0.05) is 25.3 Å². The third-order valence-electron chi connectivity index (χ3n) is 4.11. The minimum Gasteiger partial charge on any atom is -0.494 e. The molecule has 0 heterocycles. The van der Waals surface area contributed by atoms with Gasteiger partial charge in [-0.1, -0.05) is 19.8 Å². The van der Waals surface area contributed by atoms with Gasteiger partial charge in [0.05, 0.1) is 6.61 Å². The van der Waals surface area contributed by atoms with Gasteiger partial charge in [-0.2, -0.15) is 0 Å². The van der Waals surface area contributed by atoms with Crippen molar-refractivity contribution in [2.45, 2.75) is 26.2 Å². The Morgan fingerprint density at radius 2 is 1.50 bits per heavy atom. The van der Waals surface area contributed by atoms with Crippen molar-refractivity contribution in [2.24, 2.45) is 0 Å². The fourth-order valence-corrected chi connectivity index (χ4v) is 2.36. The molecule has 0 bridgehead atoms. The van der Waals surface area contributed by atoms with Crippen molar-refractivity contribution in [3.05, 3.63) is 54.1 Å². The Morgan fingerprint density at radius 1 is 0.893 bits per heavy atom. The predicted octanol–water partition coefficient (Wildman–Crippen LogP) is 3.97. The van der Waals surface area contributed by atoms with Crippen LogP contribution in [0.2, 0.25) is 0 Å². The van der Waals surface area contributed by atoms with Crippen LogP contribution in [0.5, 0.6) is 11.5 Å². The Kier molecular flexibility index (Phi) is 8.34. The summed E-state index contributed by atoms with van der Waals surface area (Å²) < 4.78 is 11.1. The number of hydrogen-bond acceptors (Lipinski definition) is 4. The van der Waals surface area contributed by atoms with Crippen LogP contribution in [0.3, 0.4) is 0 Å². The number of amides is 2. The average Bonchev–Trinajstić information content (AvgIpc) is 2.70. The third kappa shape index (κ3) is 6.95. The molecule has 0 fully saturated rings. The number of likely N-dealkylation sites (N-methyl/N-ethyl adjacent to an activating group) is 1. The van der Waals surface area contributed by atoms with Gasteiger partial charge in [-0.15, -0.1) is 0 Å². The van der Waals surface area contributed by atoms with Gasteiger partial charge in [0.2, 0.25) is 0 Å². The standard InChI is InChI=1S/C22H28N2O4/c1-4-5-6-15-27-19-11-7-17(8-12-19)22(26)23-18-9-13-20(14-10-18)28-16-21(25)24(2)3/h7-14H,4-6,15-16H2,1-3H3,(H,23,26). The van der Waals surface area contributed by atoms with E-state index in [1.165, 1.54) is 4.90 Å². The van der Waals surface area contributed by atoms with Crippen molar-refractivity contribution >= 4 is 17.5 Å². The Labute approximate surface area is 166 Å². The van der Waals surface area contributed by atoms with Gasteiger partial charge in [0.1, 0.15) is 11.5 Å². The molecule has 6 heteroatoms. The van der Waals surface area contributed by atoms with Crippen LogP contribution in [-0.2, 0) is 4.79 Å². The lowest BCUT2D eigenvalue weighted by Gasteiger charge is -2.12. The monoisotopic (exact) mass is 384 g/mol. The summed E-state index contributed by atoms with van der Waals surface area (Å²) in [5.41, 5.74) is 1.20. The van der Waals surface area contributed by atoms with Crippen molar-refractivity contribution in [1.29, 1.82) is 0 Å². The number of anilines is 1. The molecular weight excluding hydrogens is 356 g/mol. The number of unbranched alkanes of at least 4 members (excludes halogenated alkanes) is 2. The van der Waals surface area contributed by atoms with E-state index in [1.807, 2.05) is 0 Å². The maximum absolute atomic E-state index is 12.4. The molecule has 2 aromatic carbocycles. The van der Waals surface area contributed by atoms with Gasteiger partial charge in [0.15, 0.2) is 6.61 Å². The van der Waals surface area contributed by atoms with E-state index in [0.29, 0.717) is 23.6 Å². The number of carbonyl (C=O) groups excluding carboxylic acids is 2. The van der Waals surface area contributed by atoms with Gasteiger partial charge < -0.3 is 19.7 Å². The lowest BCUT2D eigenvalue weighted by atomic mass is 10.2. The molecule has 2 rings (SSSR count). The van der Waals surface area contributed by atoms with Crippen LogP contribution in [0.25, 0.3) is 0 Å². The molecule has 0 spiro atoms. The highest BCUT2D eigenvalue weighted by molar-refractivity contribution is 6.04. The Morgan fingerprint density at radius 3 is 2.11 bits per heavy atom. The van der Waals surface area contributed by atoms with Gasteiger partial charge >= 0.3 is 0 Å². The van der Waals surface area contributed by atoms with Crippen molar-refractivity contribution in [3.63, 3.8) is 0 Å². The first-order chi connectivity index (χ1) is 13.5. The summed E-state index contributed by atoms with van der Waals surface area (Å²) in [7, 11) is 3.35. The summed E-state index contributed by atoms with van der Waals surface area (Å²) >= 11 is 0. The number of nitrogens with zero attached hydrogens (tertiary/aromatic N) is 1. The molecule has 2 amide bonds. The van der Waals surface area contributed by atoms with E-state index in [-0.39, 0.29) is 18.4 Å². The molecule has 0 aliphatic carbocycles. The second kappa shape index (κ2) is 11.0. The first-order valence-corrected chi connectivity index (χ1v) is 9.47. The fraction of sp³-hybridized carbons (Fsp3) is 0.364. The molecule has 0 aliphatic heterocycles.